The molecule has 0 saturated heterocycles. The minimum absolute atomic E-state index is 0.397. The summed E-state index contributed by atoms with van der Waals surface area (Å²) in [6, 6.07) is 19.8. The second-order valence-electron chi connectivity index (χ2n) is 4.98. The van der Waals surface area contributed by atoms with Gasteiger partial charge in [-0.15, -0.1) is 11.8 Å². The van der Waals surface area contributed by atoms with E-state index in [2.05, 4.69) is 73.1 Å². The topological polar surface area (TPSA) is 12.0 Å². The van der Waals surface area contributed by atoms with Crippen molar-refractivity contribution in [3.05, 3.63) is 60.2 Å². The highest BCUT2D eigenvalue weighted by molar-refractivity contribution is 7.98. The van der Waals surface area contributed by atoms with Crippen LogP contribution >= 0.6 is 11.8 Å². The molecular weight excluding hydrogens is 262 g/mol. The van der Waals surface area contributed by atoms with Crippen LogP contribution in [-0.4, -0.2) is 6.26 Å². The van der Waals surface area contributed by atoms with E-state index in [0.717, 1.165) is 0 Å². The second-order valence-corrected chi connectivity index (χ2v) is 5.86. The highest BCUT2D eigenvalue weighted by Crippen LogP contribution is 2.26. The van der Waals surface area contributed by atoms with E-state index < -0.39 is 0 Å². The van der Waals surface area contributed by atoms with E-state index in [4.69, 9.17) is 0 Å². The molecule has 0 aromatic heterocycles. The third kappa shape index (κ3) is 4.31. The third-order valence-corrected chi connectivity index (χ3v) is 4.18. The standard InChI is InChI=1S/C18H23NS/c1-3-4-13-18(15-9-6-5-7-10-15)19-16-11-8-12-17(14-16)20-2/h5-12,14,18-19H,3-4,13H2,1-2H3. The first-order valence-corrected chi connectivity index (χ1v) is 8.51. The third-order valence-electron chi connectivity index (χ3n) is 3.46. The molecule has 2 heteroatoms. The van der Waals surface area contributed by atoms with Crippen LogP contribution in [0.4, 0.5) is 5.69 Å². The van der Waals surface area contributed by atoms with Gasteiger partial charge in [-0.1, -0.05) is 56.2 Å². The fourth-order valence-corrected chi connectivity index (χ4v) is 2.79. The van der Waals surface area contributed by atoms with E-state index >= 15 is 0 Å². The fourth-order valence-electron chi connectivity index (χ4n) is 2.33. The lowest BCUT2D eigenvalue weighted by Gasteiger charge is -2.20. The van der Waals surface area contributed by atoms with Gasteiger partial charge < -0.3 is 5.32 Å². The maximum absolute atomic E-state index is 3.69. The molecule has 0 bridgehead atoms. The van der Waals surface area contributed by atoms with Crippen LogP contribution in [0.3, 0.4) is 0 Å². The Kier molecular flexibility index (Phi) is 6.00. The molecule has 106 valence electrons. The van der Waals surface area contributed by atoms with Gasteiger partial charge in [-0.2, -0.15) is 0 Å². The van der Waals surface area contributed by atoms with Crippen molar-refractivity contribution < 1.29 is 0 Å². The zero-order valence-electron chi connectivity index (χ0n) is 12.3. The average Bonchev–Trinajstić information content (AvgIpc) is 2.52. The Balaban J connectivity index is 2.14. The molecule has 2 aromatic rings. The van der Waals surface area contributed by atoms with Crippen LogP contribution < -0.4 is 5.32 Å². The van der Waals surface area contributed by atoms with Crippen LogP contribution in [0.15, 0.2) is 59.5 Å². The summed E-state index contributed by atoms with van der Waals surface area (Å²) in [5.74, 6) is 0. The molecule has 20 heavy (non-hydrogen) atoms. The molecule has 0 saturated carbocycles. The van der Waals surface area contributed by atoms with Gasteiger partial charge in [0.1, 0.15) is 0 Å². The molecular formula is C18H23NS. The zero-order valence-corrected chi connectivity index (χ0v) is 13.1. The summed E-state index contributed by atoms with van der Waals surface area (Å²) in [5, 5.41) is 3.69. The molecule has 1 unspecified atom stereocenters. The molecule has 0 heterocycles. The van der Waals surface area contributed by atoms with Gasteiger partial charge in [-0.25, -0.2) is 0 Å². The number of unbranched alkanes of at least 4 members (excludes halogenated alkanes) is 1. The fraction of sp³-hybridized carbons (Fsp3) is 0.333. The van der Waals surface area contributed by atoms with Gasteiger partial charge >= 0.3 is 0 Å². The maximum Gasteiger partial charge on any atom is 0.0513 e. The number of hydrogen-bond acceptors (Lipinski definition) is 2. The van der Waals surface area contributed by atoms with Gasteiger partial charge in [0.25, 0.3) is 0 Å². The van der Waals surface area contributed by atoms with Crippen molar-refractivity contribution in [1.82, 2.24) is 0 Å². The van der Waals surface area contributed by atoms with Crippen LogP contribution in [0, 0.1) is 0 Å². The molecule has 0 amide bonds. The van der Waals surface area contributed by atoms with Gasteiger partial charge in [0.05, 0.1) is 6.04 Å². The van der Waals surface area contributed by atoms with Crippen molar-refractivity contribution in [1.29, 1.82) is 0 Å². The Morgan fingerprint density at radius 1 is 1.05 bits per heavy atom. The summed E-state index contributed by atoms with van der Waals surface area (Å²) >= 11 is 1.78. The maximum atomic E-state index is 3.69. The van der Waals surface area contributed by atoms with Gasteiger partial charge in [0.2, 0.25) is 0 Å². The normalized spacial score (nSPS) is 12.1. The summed E-state index contributed by atoms with van der Waals surface area (Å²) in [4.78, 5) is 1.30. The van der Waals surface area contributed by atoms with Crippen molar-refractivity contribution in [3.8, 4) is 0 Å². The predicted octanol–water partition coefficient (Wildman–Crippen LogP) is 5.75. The van der Waals surface area contributed by atoms with Crippen molar-refractivity contribution in [3.63, 3.8) is 0 Å². The molecule has 1 atom stereocenters. The summed E-state index contributed by atoms with van der Waals surface area (Å²) in [6.45, 7) is 2.25. The molecule has 0 aliphatic heterocycles. The van der Waals surface area contributed by atoms with Crippen molar-refractivity contribution in [2.24, 2.45) is 0 Å². The summed E-state index contributed by atoms with van der Waals surface area (Å²) in [6.07, 6.45) is 5.76. The Labute approximate surface area is 126 Å². The minimum Gasteiger partial charge on any atom is -0.378 e. The van der Waals surface area contributed by atoms with E-state index in [9.17, 15) is 0 Å². The number of anilines is 1. The SMILES string of the molecule is CCCCC(Nc1cccc(SC)c1)c1ccccc1. The lowest BCUT2D eigenvalue weighted by molar-refractivity contribution is 0.634. The first kappa shape index (κ1) is 15.0. The number of benzene rings is 2. The van der Waals surface area contributed by atoms with Crippen LogP contribution in [0.5, 0.6) is 0 Å². The Bertz CT molecular complexity index is 510. The van der Waals surface area contributed by atoms with Crippen molar-refractivity contribution >= 4 is 17.4 Å². The number of nitrogens with one attached hydrogen (secondary N) is 1. The number of thioether (sulfide) groups is 1. The van der Waals surface area contributed by atoms with E-state index in [0.29, 0.717) is 6.04 Å². The van der Waals surface area contributed by atoms with E-state index in [1.807, 2.05) is 0 Å². The predicted molar refractivity (Wildman–Crippen MR) is 90.6 cm³/mol. The molecule has 0 aliphatic rings. The van der Waals surface area contributed by atoms with E-state index in [-0.39, 0.29) is 0 Å². The van der Waals surface area contributed by atoms with Crippen molar-refractivity contribution in [2.45, 2.75) is 37.1 Å². The van der Waals surface area contributed by atoms with Gasteiger partial charge in [0.15, 0.2) is 0 Å². The first-order chi connectivity index (χ1) is 9.83. The monoisotopic (exact) mass is 285 g/mol. The Hall–Kier alpha value is -1.41. The van der Waals surface area contributed by atoms with Crippen LogP contribution in [0.2, 0.25) is 0 Å². The Morgan fingerprint density at radius 2 is 1.85 bits per heavy atom. The summed E-state index contributed by atoms with van der Waals surface area (Å²) < 4.78 is 0. The first-order valence-electron chi connectivity index (χ1n) is 7.29. The van der Waals surface area contributed by atoms with E-state index in [1.54, 1.807) is 11.8 Å². The van der Waals surface area contributed by atoms with E-state index in [1.165, 1.54) is 35.4 Å². The largest absolute Gasteiger partial charge is 0.378 e. The average molecular weight is 285 g/mol. The summed E-state index contributed by atoms with van der Waals surface area (Å²) in [5.41, 5.74) is 2.58. The van der Waals surface area contributed by atoms with Gasteiger partial charge in [-0.05, 0) is 36.4 Å². The molecule has 0 aliphatic carbocycles. The van der Waals surface area contributed by atoms with Crippen molar-refractivity contribution in [2.75, 3.05) is 11.6 Å². The second kappa shape index (κ2) is 8.01. The van der Waals surface area contributed by atoms with Gasteiger partial charge in [0, 0.05) is 10.6 Å². The molecule has 1 N–H and O–H groups in total. The lowest BCUT2D eigenvalue weighted by Crippen LogP contribution is -2.10. The molecule has 0 spiro atoms. The smallest absolute Gasteiger partial charge is 0.0513 e. The molecule has 2 rings (SSSR count). The number of hydrogen-bond donors (Lipinski definition) is 1. The Morgan fingerprint density at radius 3 is 2.55 bits per heavy atom. The van der Waals surface area contributed by atoms with Crippen LogP contribution in [0.1, 0.15) is 37.8 Å². The molecule has 2 aromatic carbocycles. The van der Waals surface area contributed by atoms with Crippen LogP contribution in [0.25, 0.3) is 0 Å². The zero-order chi connectivity index (χ0) is 14.2. The quantitative estimate of drug-likeness (QED) is 0.650. The highest BCUT2D eigenvalue weighted by Gasteiger charge is 2.10. The van der Waals surface area contributed by atoms with Gasteiger partial charge in [-0.3, -0.25) is 0 Å². The lowest BCUT2D eigenvalue weighted by atomic mass is 10.0. The highest BCUT2D eigenvalue weighted by atomic mass is 32.2. The summed E-state index contributed by atoms with van der Waals surface area (Å²) in [7, 11) is 0. The molecule has 0 radical (unpaired) electrons. The van der Waals surface area contributed by atoms with Crippen LogP contribution in [-0.2, 0) is 0 Å². The molecule has 0 fully saturated rings. The molecule has 1 nitrogen and oxygen atoms in total. The number of rotatable bonds is 7. The minimum atomic E-state index is 0.397.